The number of carbonyl (C=O) groups is 1. The Hall–Kier alpha value is -2.03. The zero-order chi connectivity index (χ0) is 16.5. The van der Waals surface area contributed by atoms with E-state index in [4.69, 9.17) is 4.74 Å². The molecule has 0 aliphatic rings. The molecular weight excluding hydrogens is 286 g/mol. The molecule has 0 aliphatic heterocycles. The van der Waals surface area contributed by atoms with E-state index in [1.807, 2.05) is 36.4 Å². The lowest BCUT2D eigenvalue weighted by Gasteiger charge is -2.15. The fourth-order valence-electron chi connectivity index (χ4n) is 2.66. The topological polar surface area (TPSA) is 38.3 Å². The van der Waals surface area contributed by atoms with Crippen LogP contribution >= 0.6 is 0 Å². The van der Waals surface area contributed by atoms with Crippen molar-refractivity contribution in [2.45, 2.75) is 39.5 Å². The van der Waals surface area contributed by atoms with E-state index in [0.29, 0.717) is 5.92 Å². The lowest BCUT2D eigenvalue weighted by molar-refractivity contribution is -0.123. The summed E-state index contributed by atoms with van der Waals surface area (Å²) < 4.78 is 5.61. The number of unbranched alkanes of at least 4 members (excludes halogenated alkanes) is 1. The second-order valence-electron chi connectivity index (χ2n) is 6.02. The minimum absolute atomic E-state index is 0.0480. The lowest BCUT2D eigenvalue weighted by atomic mass is 9.99. The number of hydrogen-bond acceptors (Lipinski definition) is 2. The quantitative estimate of drug-likeness (QED) is 0.737. The lowest BCUT2D eigenvalue weighted by Crippen LogP contribution is -2.33. The van der Waals surface area contributed by atoms with Crippen LogP contribution in [-0.4, -0.2) is 19.1 Å². The Bertz CT molecular complexity index is 624. The molecule has 0 saturated carbocycles. The molecule has 2 aromatic rings. The zero-order valence-electron chi connectivity index (χ0n) is 14.2. The summed E-state index contributed by atoms with van der Waals surface area (Å²) in [5.74, 6) is 1.25. The molecule has 0 heterocycles. The smallest absolute Gasteiger partial charge is 0.257 e. The number of rotatable bonds is 9. The third-order valence-corrected chi connectivity index (χ3v) is 4.22. The number of hydrogen-bond donors (Lipinski definition) is 1. The molecule has 124 valence electrons. The average molecular weight is 313 g/mol. The van der Waals surface area contributed by atoms with Gasteiger partial charge in [-0.15, -0.1) is 0 Å². The van der Waals surface area contributed by atoms with E-state index in [2.05, 4.69) is 25.2 Å². The maximum absolute atomic E-state index is 11.9. The van der Waals surface area contributed by atoms with E-state index in [0.717, 1.165) is 24.1 Å². The summed E-state index contributed by atoms with van der Waals surface area (Å²) in [6, 6.07) is 14.0. The van der Waals surface area contributed by atoms with Gasteiger partial charge in [-0.1, -0.05) is 63.4 Å². The highest BCUT2D eigenvalue weighted by atomic mass is 16.5. The van der Waals surface area contributed by atoms with Crippen LogP contribution in [0, 0.1) is 5.92 Å². The maximum Gasteiger partial charge on any atom is 0.257 e. The molecule has 0 spiro atoms. The van der Waals surface area contributed by atoms with Crippen LogP contribution in [0.4, 0.5) is 0 Å². The maximum atomic E-state index is 11.9. The summed E-state index contributed by atoms with van der Waals surface area (Å²) in [5, 5.41) is 5.28. The molecule has 2 rings (SSSR count). The molecular formula is C20H27NO2. The normalized spacial score (nSPS) is 12.1. The van der Waals surface area contributed by atoms with Gasteiger partial charge in [-0.05, 0) is 35.2 Å². The second-order valence-corrected chi connectivity index (χ2v) is 6.02. The van der Waals surface area contributed by atoms with Crippen LogP contribution in [0.3, 0.4) is 0 Å². The van der Waals surface area contributed by atoms with Gasteiger partial charge in [0.05, 0.1) is 0 Å². The molecule has 0 radical (unpaired) electrons. The minimum atomic E-state index is -0.0480. The Labute approximate surface area is 139 Å². The molecule has 3 heteroatoms. The van der Waals surface area contributed by atoms with Gasteiger partial charge in [-0.3, -0.25) is 4.79 Å². The molecule has 0 aliphatic carbocycles. The van der Waals surface area contributed by atoms with Crippen molar-refractivity contribution in [2.75, 3.05) is 13.2 Å². The Morgan fingerprint density at radius 2 is 1.91 bits per heavy atom. The van der Waals surface area contributed by atoms with Crippen molar-refractivity contribution >= 4 is 16.7 Å². The van der Waals surface area contributed by atoms with Crippen LogP contribution in [0.2, 0.25) is 0 Å². The molecule has 0 saturated heterocycles. The Kier molecular flexibility index (Phi) is 6.92. The van der Waals surface area contributed by atoms with E-state index in [9.17, 15) is 4.79 Å². The van der Waals surface area contributed by atoms with Gasteiger partial charge in [0.1, 0.15) is 5.75 Å². The summed E-state index contributed by atoms with van der Waals surface area (Å²) in [5.41, 5.74) is 0. The molecule has 1 amide bonds. The van der Waals surface area contributed by atoms with Crippen LogP contribution in [0.15, 0.2) is 42.5 Å². The number of fused-ring (bicyclic) bond motifs is 1. The van der Waals surface area contributed by atoms with Gasteiger partial charge < -0.3 is 10.1 Å². The molecule has 3 nitrogen and oxygen atoms in total. The molecule has 0 bridgehead atoms. The van der Waals surface area contributed by atoms with Crippen LogP contribution in [0.25, 0.3) is 10.8 Å². The predicted molar refractivity (Wildman–Crippen MR) is 95.8 cm³/mol. The zero-order valence-corrected chi connectivity index (χ0v) is 14.2. The first-order valence-corrected chi connectivity index (χ1v) is 8.61. The monoisotopic (exact) mass is 313 g/mol. The molecule has 23 heavy (non-hydrogen) atoms. The van der Waals surface area contributed by atoms with Gasteiger partial charge in [0.25, 0.3) is 5.91 Å². The SMILES string of the molecule is CCCCC(CC)CNC(=O)COc1ccc2ccccc2c1. The Morgan fingerprint density at radius 3 is 2.65 bits per heavy atom. The van der Waals surface area contributed by atoms with E-state index in [1.165, 1.54) is 24.6 Å². The van der Waals surface area contributed by atoms with Gasteiger partial charge in [0.15, 0.2) is 6.61 Å². The van der Waals surface area contributed by atoms with Crippen molar-refractivity contribution in [3.63, 3.8) is 0 Å². The summed E-state index contributed by atoms with van der Waals surface area (Å²) in [4.78, 5) is 11.9. The molecule has 1 atom stereocenters. The second kappa shape index (κ2) is 9.19. The van der Waals surface area contributed by atoms with Crippen LogP contribution in [0.5, 0.6) is 5.75 Å². The first-order valence-electron chi connectivity index (χ1n) is 8.61. The fourth-order valence-corrected chi connectivity index (χ4v) is 2.66. The summed E-state index contributed by atoms with van der Waals surface area (Å²) in [6.45, 7) is 5.19. The van der Waals surface area contributed by atoms with Crippen molar-refractivity contribution in [3.05, 3.63) is 42.5 Å². The van der Waals surface area contributed by atoms with Crippen molar-refractivity contribution in [2.24, 2.45) is 5.92 Å². The number of carbonyl (C=O) groups excluding carboxylic acids is 1. The van der Waals surface area contributed by atoms with Gasteiger partial charge in [-0.25, -0.2) is 0 Å². The third kappa shape index (κ3) is 5.59. The van der Waals surface area contributed by atoms with E-state index in [1.54, 1.807) is 0 Å². The Balaban J connectivity index is 1.78. The van der Waals surface area contributed by atoms with E-state index < -0.39 is 0 Å². The molecule has 0 aromatic heterocycles. The fraction of sp³-hybridized carbons (Fsp3) is 0.450. The predicted octanol–water partition coefficient (Wildman–Crippen LogP) is 4.55. The highest BCUT2D eigenvalue weighted by Gasteiger charge is 2.09. The van der Waals surface area contributed by atoms with Crippen LogP contribution in [0.1, 0.15) is 39.5 Å². The summed E-state index contributed by atoms with van der Waals surface area (Å²) >= 11 is 0. The van der Waals surface area contributed by atoms with Crippen molar-refractivity contribution in [3.8, 4) is 5.75 Å². The number of ether oxygens (including phenoxy) is 1. The number of nitrogens with one attached hydrogen (secondary N) is 1. The minimum Gasteiger partial charge on any atom is -0.484 e. The molecule has 0 fully saturated rings. The van der Waals surface area contributed by atoms with Crippen molar-refractivity contribution in [1.82, 2.24) is 5.32 Å². The first kappa shape index (κ1) is 17.3. The van der Waals surface area contributed by atoms with Gasteiger partial charge in [0, 0.05) is 6.54 Å². The highest BCUT2D eigenvalue weighted by Crippen LogP contribution is 2.20. The van der Waals surface area contributed by atoms with E-state index >= 15 is 0 Å². The van der Waals surface area contributed by atoms with E-state index in [-0.39, 0.29) is 12.5 Å². The van der Waals surface area contributed by atoms with Crippen molar-refractivity contribution < 1.29 is 9.53 Å². The number of benzene rings is 2. The highest BCUT2D eigenvalue weighted by molar-refractivity contribution is 5.84. The Morgan fingerprint density at radius 1 is 1.13 bits per heavy atom. The average Bonchev–Trinajstić information content (AvgIpc) is 2.60. The van der Waals surface area contributed by atoms with Gasteiger partial charge in [0.2, 0.25) is 0 Å². The third-order valence-electron chi connectivity index (χ3n) is 4.22. The van der Waals surface area contributed by atoms with Crippen molar-refractivity contribution in [1.29, 1.82) is 0 Å². The standard InChI is InChI=1S/C20H27NO2/c1-3-5-8-16(4-2)14-21-20(22)15-23-19-12-11-17-9-6-7-10-18(17)13-19/h6-7,9-13,16H,3-5,8,14-15H2,1-2H3,(H,21,22). The van der Waals surface area contributed by atoms with Crippen LogP contribution < -0.4 is 10.1 Å². The van der Waals surface area contributed by atoms with Gasteiger partial charge >= 0.3 is 0 Å². The summed E-state index contributed by atoms with van der Waals surface area (Å²) in [6.07, 6.45) is 4.71. The molecule has 1 N–H and O–H groups in total. The first-order chi connectivity index (χ1) is 11.2. The van der Waals surface area contributed by atoms with Crippen LogP contribution in [-0.2, 0) is 4.79 Å². The largest absolute Gasteiger partial charge is 0.484 e. The molecule has 1 unspecified atom stereocenters. The number of amides is 1. The van der Waals surface area contributed by atoms with Gasteiger partial charge in [-0.2, -0.15) is 0 Å². The summed E-state index contributed by atoms with van der Waals surface area (Å²) in [7, 11) is 0. The molecule has 2 aromatic carbocycles.